The average molecular weight is 316 g/mol. The molecule has 0 radical (unpaired) electrons. The van der Waals surface area contributed by atoms with Crippen molar-refractivity contribution in [2.75, 3.05) is 6.61 Å². The van der Waals surface area contributed by atoms with E-state index in [-0.39, 0.29) is 16.9 Å². The molecule has 0 N–H and O–H groups in total. The maximum atomic E-state index is 6.17. The van der Waals surface area contributed by atoms with Crippen LogP contribution in [0.2, 0.25) is 0 Å². The van der Waals surface area contributed by atoms with E-state index >= 15 is 0 Å². The van der Waals surface area contributed by atoms with Gasteiger partial charge in [0.2, 0.25) is 0 Å². The van der Waals surface area contributed by atoms with Gasteiger partial charge in [0.15, 0.2) is 5.79 Å². The van der Waals surface area contributed by atoms with Crippen molar-refractivity contribution >= 4 is 0 Å². The fourth-order valence-corrected chi connectivity index (χ4v) is 4.24. The molecular formula is C21H32O2. The molecule has 2 atom stereocenters. The summed E-state index contributed by atoms with van der Waals surface area (Å²) < 4.78 is 12.2. The third kappa shape index (κ3) is 2.74. The zero-order valence-electron chi connectivity index (χ0n) is 15.9. The molecule has 2 nitrogen and oxygen atoms in total. The first-order valence-corrected chi connectivity index (χ1v) is 9.09. The summed E-state index contributed by atoms with van der Waals surface area (Å²) in [5.74, 6) is -0.600. The molecule has 0 aromatic heterocycles. The van der Waals surface area contributed by atoms with Gasteiger partial charge in [-0.15, -0.1) is 0 Å². The van der Waals surface area contributed by atoms with Gasteiger partial charge in [-0.25, -0.2) is 0 Å². The Kier molecular flexibility index (Phi) is 3.93. The zero-order chi connectivity index (χ0) is 17.0. The first kappa shape index (κ1) is 17.0. The summed E-state index contributed by atoms with van der Waals surface area (Å²) in [6.07, 6.45) is 3.64. The van der Waals surface area contributed by atoms with Crippen molar-refractivity contribution in [2.45, 2.75) is 90.4 Å². The van der Waals surface area contributed by atoms with Crippen LogP contribution in [0.1, 0.15) is 83.6 Å². The molecule has 3 rings (SSSR count). The molecule has 1 fully saturated rings. The summed E-state index contributed by atoms with van der Waals surface area (Å²) in [5, 5.41) is 0. The monoisotopic (exact) mass is 316 g/mol. The van der Waals surface area contributed by atoms with Crippen LogP contribution >= 0.6 is 0 Å². The van der Waals surface area contributed by atoms with Gasteiger partial charge < -0.3 is 9.47 Å². The van der Waals surface area contributed by atoms with Gasteiger partial charge in [-0.05, 0) is 66.7 Å². The van der Waals surface area contributed by atoms with E-state index in [1.807, 2.05) is 0 Å². The minimum Gasteiger partial charge on any atom is -0.343 e. The molecule has 0 spiro atoms. The number of ether oxygens (including phenoxy) is 2. The molecule has 128 valence electrons. The molecule has 1 aromatic rings. The fourth-order valence-electron chi connectivity index (χ4n) is 4.24. The lowest BCUT2D eigenvalue weighted by Gasteiger charge is -2.43. The van der Waals surface area contributed by atoms with E-state index in [0.717, 1.165) is 6.42 Å². The van der Waals surface area contributed by atoms with Gasteiger partial charge in [0.1, 0.15) is 0 Å². The first-order chi connectivity index (χ1) is 10.6. The van der Waals surface area contributed by atoms with Crippen LogP contribution in [-0.2, 0) is 32.5 Å². The molecule has 2 unspecified atom stereocenters. The van der Waals surface area contributed by atoms with Crippen LogP contribution < -0.4 is 0 Å². The van der Waals surface area contributed by atoms with Gasteiger partial charge in [-0.2, -0.15) is 0 Å². The Morgan fingerprint density at radius 2 is 1.52 bits per heavy atom. The molecule has 2 aliphatic rings. The molecule has 1 aliphatic heterocycles. The van der Waals surface area contributed by atoms with Crippen LogP contribution in [0.3, 0.4) is 0 Å². The highest BCUT2D eigenvalue weighted by atomic mass is 16.7. The van der Waals surface area contributed by atoms with Gasteiger partial charge in [0.25, 0.3) is 0 Å². The molecule has 0 bridgehead atoms. The Balaban J connectivity index is 2.20. The standard InChI is InChI=1S/C21H32O2/c1-8-15-11-17-18(20(5,6)10-9-19(17,3)4)12-16(15)21(7)22-13-14(2)23-21/h11-12,14H,8-10,13H2,1-7H3. The summed E-state index contributed by atoms with van der Waals surface area (Å²) in [6.45, 7) is 16.6. The lowest BCUT2D eigenvalue weighted by molar-refractivity contribution is -0.160. The highest BCUT2D eigenvalue weighted by Gasteiger charge is 2.42. The quantitative estimate of drug-likeness (QED) is 0.746. The number of rotatable bonds is 2. The van der Waals surface area contributed by atoms with Crippen molar-refractivity contribution in [3.05, 3.63) is 34.4 Å². The summed E-state index contributed by atoms with van der Waals surface area (Å²) in [6, 6.07) is 4.83. The fraction of sp³-hybridized carbons (Fsp3) is 0.714. The van der Waals surface area contributed by atoms with Crippen LogP contribution in [0.5, 0.6) is 0 Å². The Hall–Kier alpha value is -0.860. The van der Waals surface area contributed by atoms with E-state index in [9.17, 15) is 0 Å². The highest BCUT2D eigenvalue weighted by Crippen LogP contribution is 2.48. The zero-order valence-corrected chi connectivity index (χ0v) is 15.9. The minimum atomic E-state index is -0.600. The van der Waals surface area contributed by atoms with Crippen LogP contribution in [0, 0.1) is 0 Å². The Labute approximate surface area is 141 Å². The Morgan fingerprint density at radius 1 is 0.957 bits per heavy atom. The SMILES string of the molecule is CCc1cc2c(cc1C1(C)OCC(C)O1)C(C)(C)CCC2(C)C. The molecule has 1 heterocycles. The molecule has 0 saturated carbocycles. The molecular weight excluding hydrogens is 284 g/mol. The van der Waals surface area contributed by atoms with Crippen LogP contribution in [0.15, 0.2) is 12.1 Å². The molecule has 1 saturated heterocycles. The minimum absolute atomic E-state index is 0.158. The van der Waals surface area contributed by atoms with Crippen molar-refractivity contribution in [1.29, 1.82) is 0 Å². The van der Waals surface area contributed by atoms with Crippen molar-refractivity contribution < 1.29 is 9.47 Å². The van der Waals surface area contributed by atoms with Gasteiger partial charge in [0, 0.05) is 5.56 Å². The molecule has 0 amide bonds. The topological polar surface area (TPSA) is 18.5 Å². The predicted octanol–water partition coefficient (Wildman–Crippen LogP) is 5.21. The van der Waals surface area contributed by atoms with Crippen molar-refractivity contribution in [3.8, 4) is 0 Å². The van der Waals surface area contributed by atoms with Crippen LogP contribution in [0.4, 0.5) is 0 Å². The second kappa shape index (κ2) is 5.32. The summed E-state index contributed by atoms with van der Waals surface area (Å²) in [7, 11) is 0. The lowest BCUT2D eigenvalue weighted by atomic mass is 9.62. The average Bonchev–Trinajstić information content (AvgIpc) is 2.83. The van der Waals surface area contributed by atoms with Gasteiger partial charge in [-0.3, -0.25) is 0 Å². The number of fused-ring (bicyclic) bond motifs is 1. The molecule has 1 aromatic carbocycles. The molecule has 23 heavy (non-hydrogen) atoms. The van der Waals surface area contributed by atoms with Gasteiger partial charge >= 0.3 is 0 Å². The van der Waals surface area contributed by atoms with Crippen molar-refractivity contribution in [3.63, 3.8) is 0 Å². The molecule has 1 aliphatic carbocycles. The third-order valence-corrected chi connectivity index (χ3v) is 5.97. The van der Waals surface area contributed by atoms with E-state index in [1.54, 1.807) is 0 Å². The third-order valence-electron chi connectivity index (χ3n) is 5.97. The van der Waals surface area contributed by atoms with Crippen molar-refractivity contribution in [2.24, 2.45) is 0 Å². The largest absolute Gasteiger partial charge is 0.343 e. The van der Waals surface area contributed by atoms with Gasteiger partial charge in [0.05, 0.1) is 12.7 Å². The van der Waals surface area contributed by atoms with Crippen molar-refractivity contribution in [1.82, 2.24) is 0 Å². The first-order valence-electron chi connectivity index (χ1n) is 9.09. The van der Waals surface area contributed by atoms with E-state index < -0.39 is 5.79 Å². The number of aryl methyl sites for hydroxylation is 1. The second-order valence-electron chi connectivity index (χ2n) is 8.86. The summed E-state index contributed by atoms with van der Waals surface area (Å²) in [4.78, 5) is 0. The van der Waals surface area contributed by atoms with Crippen LogP contribution in [0.25, 0.3) is 0 Å². The normalized spacial score (nSPS) is 31.9. The van der Waals surface area contributed by atoms with Crippen LogP contribution in [-0.4, -0.2) is 12.7 Å². The maximum Gasteiger partial charge on any atom is 0.192 e. The number of hydrogen-bond acceptors (Lipinski definition) is 2. The molecule has 2 heteroatoms. The Bertz CT molecular complexity index is 615. The summed E-state index contributed by atoms with van der Waals surface area (Å²) in [5.41, 5.74) is 6.06. The number of benzene rings is 1. The van der Waals surface area contributed by atoms with E-state index in [2.05, 4.69) is 60.6 Å². The second-order valence-corrected chi connectivity index (χ2v) is 8.86. The smallest absolute Gasteiger partial charge is 0.192 e. The van der Waals surface area contributed by atoms with E-state index in [4.69, 9.17) is 9.47 Å². The maximum absolute atomic E-state index is 6.17. The van der Waals surface area contributed by atoms with E-state index in [0.29, 0.717) is 6.61 Å². The number of hydrogen-bond donors (Lipinski definition) is 0. The highest BCUT2D eigenvalue weighted by molar-refractivity contribution is 5.48. The summed E-state index contributed by atoms with van der Waals surface area (Å²) >= 11 is 0. The Morgan fingerprint density at radius 3 is 2.00 bits per heavy atom. The van der Waals surface area contributed by atoms with Gasteiger partial charge in [-0.1, -0.05) is 40.7 Å². The van der Waals surface area contributed by atoms with E-state index in [1.165, 1.54) is 35.1 Å². The predicted molar refractivity (Wildman–Crippen MR) is 95.0 cm³/mol. The lowest BCUT2D eigenvalue weighted by Crippen LogP contribution is -2.35.